The van der Waals surface area contributed by atoms with Gasteiger partial charge in [0.2, 0.25) is 5.91 Å². The van der Waals surface area contributed by atoms with E-state index >= 15 is 0 Å². The van der Waals surface area contributed by atoms with Gasteiger partial charge in [-0.3, -0.25) is 14.5 Å². The number of nitrogens with one attached hydrogen (secondary N) is 1. The predicted octanol–water partition coefficient (Wildman–Crippen LogP) is 5.43. The van der Waals surface area contributed by atoms with Crippen LogP contribution in [0, 0.1) is 19.8 Å². The summed E-state index contributed by atoms with van der Waals surface area (Å²) in [6.45, 7) is 8.62. The highest BCUT2D eigenvalue weighted by Gasteiger charge is 2.49. The third kappa shape index (κ3) is 3.27. The number of fused-ring (bicyclic) bond motifs is 3. The molecule has 3 unspecified atom stereocenters. The summed E-state index contributed by atoms with van der Waals surface area (Å²) >= 11 is 1.63. The Morgan fingerprint density at radius 1 is 1.16 bits per heavy atom. The minimum Gasteiger partial charge on any atom is -0.351 e. The van der Waals surface area contributed by atoms with E-state index in [1.807, 2.05) is 61.1 Å². The summed E-state index contributed by atoms with van der Waals surface area (Å²) in [7, 11) is 0. The lowest BCUT2D eigenvalue weighted by molar-refractivity contribution is -0.127. The molecule has 1 aliphatic heterocycles. The quantitative estimate of drug-likeness (QED) is 0.579. The second-order valence-corrected chi connectivity index (χ2v) is 10.8. The van der Waals surface area contributed by atoms with Crippen molar-refractivity contribution >= 4 is 39.1 Å². The molecule has 32 heavy (non-hydrogen) atoms. The molecule has 2 aliphatic rings. The van der Waals surface area contributed by atoms with Crippen molar-refractivity contribution in [2.45, 2.75) is 71.5 Å². The third-order valence-electron chi connectivity index (χ3n) is 7.43. The Bertz CT molecular complexity index is 1210. The van der Waals surface area contributed by atoms with Crippen molar-refractivity contribution in [3.8, 4) is 0 Å². The molecule has 0 spiro atoms. The van der Waals surface area contributed by atoms with Gasteiger partial charge in [0, 0.05) is 11.7 Å². The van der Waals surface area contributed by atoms with E-state index in [1.165, 1.54) is 6.42 Å². The average Bonchev–Trinajstić information content (AvgIpc) is 3.35. The van der Waals surface area contributed by atoms with Crippen molar-refractivity contribution in [3.05, 3.63) is 52.5 Å². The Balaban J connectivity index is 1.62. The summed E-state index contributed by atoms with van der Waals surface area (Å²) in [5.41, 5.74) is 3.56. The molecule has 3 aromatic rings. The maximum atomic E-state index is 14.0. The first-order valence-electron chi connectivity index (χ1n) is 11.6. The van der Waals surface area contributed by atoms with Crippen LogP contribution in [0.1, 0.15) is 61.1 Å². The Hall–Kier alpha value is -2.60. The predicted molar refractivity (Wildman–Crippen MR) is 131 cm³/mol. The largest absolute Gasteiger partial charge is 0.351 e. The number of carbonyl (C=O) groups is 2. The van der Waals surface area contributed by atoms with Crippen molar-refractivity contribution in [1.82, 2.24) is 9.88 Å². The summed E-state index contributed by atoms with van der Waals surface area (Å²) in [5, 5.41) is 5.40. The van der Waals surface area contributed by atoms with E-state index in [1.54, 1.807) is 16.2 Å². The fourth-order valence-electron chi connectivity index (χ4n) is 5.41. The normalized spacial score (nSPS) is 25.8. The average molecular weight is 450 g/mol. The highest BCUT2D eigenvalue weighted by Crippen LogP contribution is 2.39. The highest BCUT2D eigenvalue weighted by atomic mass is 32.1. The summed E-state index contributed by atoms with van der Waals surface area (Å²) < 4.78 is 3.12. The first kappa shape index (κ1) is 21.3. The SMILES string of the molecule is Cc1ccc(C)c(N2C(=O)c3cc4sccc4n3CC2(C)C(=O)NC2CCCCC2C)c1. The highest BCUT2D eigenvalue weighted by molar-refractivity contribution is 7.17. The number of benzene rings is 1. The number of carbonyl (C=O) groups excluding carboxylic acids is 2. The first-order chi connectivity index (χ1) is 15.3. The van der Waals surface area contributed by atoms with Crippen LogP contribution in [-0.2, 0) is 11.3 Å². The van der Waals surface area contributed by atoms with Crippen LogP contribution >= 0.6 is 11.3 Å². The molecule has 1 aliphatic carbocycles. The minimum atomic E-state index is -1.02. The fraction of sp³-hybridized carbons (Fsp3) is 0.462. The minimum absolute atomic E-state index is 0.0618. The molecule has 0 bridgehead atoms. The maximum Gasteiger partial charge on any atom is 0.275 e. The third-order valence-corrected chi connectivity index (χ3v) is 8.28. The summed E-state index contributed by atoms with van der Waals surface area (Å²) in [4.78, 5) is 29.7. The van der Waals surface area contributed by atoms with Crippen LogP contribution in [0.15, 0.2) is 35.7 Å². The van der Waals surface area contributed by atoms with Gasteiger partial charge < -0.3 is 9.88 Å². The van der Waals surface area contributed by atoms with Crippen molar-refractivity contribution in [1.29, 1.82) is 0 Å². The monoisotopic (exact) mass is 449 g/mol. The van der Waals surface area contributed by atoms with E-state index in [2.05, 4.69) is 12.2 Å². The fourth-order valence-corrected chi connectivity index (χ4v) is 6.23. The molecule has 5 rings (SSSR count). The van der Waals surface area contributed by atoms with Gasteiger partial charge in [0.05, 0.1) is 16.8 Å². The molecule has 3 heterocycles. The molecule has 5 nitrogen and oxygen atoms in total. The van der Waals surface area contributed by atoms with Gasteiger partial charge in [-0.15, -0.1) is 11.3 Å². The lowest BCUT2D eigenvalue weighted by Gasteiger charge is -2.45. The summed E-state index contributed by atoms with van der Waals surface area (Å²) in [6.07, 6.45) is 4.51. The van der Waals surface area contributed by atoms with Gasteiger partial charge in [0.1, 0.15) is 11.2 Å². The Kier molecular flexibility index (Phi) is 5.16. The van der Waals surface area contributed by atoms with Crippen molar-refractivity contribution < 1.29 is 9.59 Å². The second-order valence-electron chi connectivity index (χ2n) is 9.83. The van der Waals surface area contributed by atoms with Gasteiger partial charge in [-0.05, 0) is 74.2 Å². The number of amides is 2. The lowest BCUT2D eigenvalue weighted by Crippen LogP contribution is -2.66. The summed E-state index contributed by atoms with van der Waals surface area (Å²) in [6, 6.07) is 10.3. The number of rotatable bonds is 3. The van der Waals surface area contributed by atoms with E-state index < -0.39 is 5.54 Å². The molecule has 2 aromatic heterocycles. The maximum absolute atomic E-state index is 14.0. The molecule has 1 aromatic carbocycles. The molecule has 2 amide bonds. The number of hydrogen-bond acceptors (Lipinski definition) is 3. The number of hydrogen-bond donors (Lipinski definition) is 1. The van der Waals surface area contributed by atoms with Crippen LogP contribution in [0.3, 0.4) is 0 Å². The topological polar surface area (TPSA) is 54.3 Å². The zero-order chi connectivity index (χ0) is 22.6. The van der Waals surface area contributed by atoms with E-state index in [0.29, 0.717) is 18.2 Å². The van der Waals surface area contributed by atoms with E-state index in [-0.39, 0.29) is 17.9 Å². The smallest absolute Gasteiger partial charge is 0.275 e. The van der Waals surface area contributed by atoms with E-state index in [4.69, 9.17) is 0 Å². The molecular weight excluding hydrogens is 418 g/mol. The summed E-state index contributed by atoms with van der Waals surface area (Å²) in [5.74, 6) is 0.284. The number of aryl methyl sites for hydroxylation is 2. The van der Waals surface area contributed by atoms with Crippen LogP contribution in [0.5, 0.6) is 0 Å². The van der Waals surface area contributed by atoms with Crippen LogP contribution in [0.4, 0.5) is 5.69 Å². The molecule has 1 fully saturated rings. The van der Waals surface area contributed by atoms with Gasteiger partial charge >= 0.3 is 0 Å². The van der Waals surface area contributed by atoms with Gasteiger partial charge in [-0.25, -0.2) is 0 Å². The molecule has 1 N–H and O–H groups in total. The molecule has 1 saturated carbocycles. The number of aromatic nitrogens is 1. The standard InChI is InChI=1S/C26H31N3O2S/c1-16-9-10-18(3)21(13-16)29-24(30)22-14-23-20(11-12-32-23)28(22)15-26(29,4)25(31)27-19-8-6-5-7-17(19)2/h9-14,17,19H,5-8,15H2,1-4H3,(H,27,31). The van der Waals surface area contributed by atoms with Gasteiger partial charge in [-0.2, -0.15) is 0 Å². The van der Waals surface area contributed by atoms with E-state index in [0.717, 1.165) is 46.3 Å². The Morgan fingerprint density at radius 2 is 1.94 bits per heavy atom. The molecule has 0 radical (unpaired) electrons. The number of nitrogens with zero attached hydrogens (tertiary/aromatic N) is 2. The Labute approximate surface area is 193 Å². The zero-order valence-corrected chi connectivity index (χ0v) is 20.1. The molecule has 168 valence electrons. The first-order valence-corrected chi connectivity index (χ1v) is 12.5. The molecule has 0 saturated heterocycles. The van der Waals surface area contributed by atoms with Crippen LogP contribution < -0.4 is 10.2 Å². The molecule has 6 heteroatoms. The Morgan fingerprint density at radius 3 is 2.72 bits per heavy atom. The number of thiophene rings is 1. The van der Waals surface area contributed by atoms with Crippen molar-refractivity contribution in [3.63, 3.8) is 0 Å². The van der Waals surface area contributed by atoms with Crippen molar-refractivity contribution in [2.75, 3.05) is 4.90 Å². The second kappa shape index (κ2) is 7.77. The van der Waals surface area contributed by atoms with Crippen molar-refractivity contribution in [2.24, 2.45) is 5.92 Å². The molecular formula is C26H31N3O2S. The van der Waals surface area contributed by atoms with E-state index in [9.17, 15) is 9.59 Å². The zero-order valence-electron chi connectivity index (χ0n) is 19.3. The van der Waals surface area contributed by atoms with Gasteiger partial charge in [-0.1, -0.05) is 31.9 Å². The lowest BCUT2D eigenvalue weighted by atomic mass is 9.84. The van der Waals surface area contributed by atoms with Crippen LogP contribution in [0.25, 0.3) is 10.2 Å². The number of anilines is 1. The van der Waals surface area contributed by atoms with Crippen LogP contribution in [0.2, 0.25) is 0 Å². The van der Waals surface area contributed by atoms with Crippen LogP contribution in [-0.4, -0.2) is 28.0 Å². The van der Waals surface area contributed by atoms with Gasteiger partial charge in [0.25, 0.3) is 5.91 Å². The molecule has 3 atom stereocenters. The van der Waals surface area contributed by atoms with Gasteiger partial charge in [0.15, 0.2) is 0 Å².